The molecule has 2 heterocycles. The van der Waals surface area contributed by atoms with E-state index in [0.29, 0.717) is 40.3 Å². The third kappa shape index (κ3) is 12.3. The van der Waals surface area contributed by atoms with Crippen LogP contribution in [0.5, 0.6) is 0 Å². The average molecular weight is 851 g/mol. The minimum atomic E-state index is -4.78. The molecule has 0 saturated heterocycles. The topological polar surface area (TPSA) is 235 Å². The van der Waals surface area contributed by atoms with Gasteiger partial charge in [-0.25, -0.2) is 33.7 Å². The summed E-state index contributed by atoms with van der Waals surface area (Å²) in [6.45, 7) is 8.56. The van der Waals surface area contributed by atoms with Gasteiger partial charge in [-0.2, -0.15) is 4.58 Å². The maximum atomic E-state index is 11.7. The first-order valence-corrected chi connectivity index (χ1v) is 21.5. The summed E-state index contributed by atoms with van der Waals surface area (Å²) < 4.78 is 141. The van der Waals surface area contributed by atoms with Crippen molar-refractivity contribution in [2.24, 2.45) is 0 Å². The van der Waals surface area contributed by atoms with Crippen LogP contribution >= 0.6 is 0 Å². The standard InChI is InChI=1S/C33H40N2O12S4.3Na/c1-6-23(9-7-11-30-32(2,3)26-21-24(50(42,43)44)13-15-28(26)34(30)17-19-48(36,37)38)10-8-12-31-33(4,5)27-22-25(51(45,46)47)14-16-29(27)35(31)18-20-49(39,40)41;;;/h7-16,21-22H,6,17-20H2,1-5H3,(H3-,36,37,38,39,40,41,42,43,44,45,46,47);;;/q;3*+1/p-3. The minimum Gasteiger partial charge on any atom is -0.748 e. The molecular weight excluding hydrogens is 814 g/mol. The second-order valence-electron chi connectivity index (χ2n) is 13.1. The molecule has 0 radical (unpaired) electrons. The van der Waals surface area contributed by atoms with Crippen LogP contribution in [0.2, 0.25) is 0 Å². The second kappa shape index (κ2) is 19.1. The monoisotopic (exact) mass is 850 g/mol. The number of fused-ring (bicyclic) bond motifs is 2. The molecular formula is C33H37N2Na3O12S4. The molecule has 0 saturated carbocycles. The van der Waals surface area contributed by atoms with Gasteiger partial charge in [0.05, 0.1) is 36.8 Å². The van der Waals surface area contributed by atoms with Gasteiger partial charge in [0.15, 0.2) is 12.3 Å². The van der Waals surface area contributed by atoms with E-state index in [1.165, 1.54) is 24.3 Å². The summed E-state index contributed by atoms with van der Waals surface area (Å²) in [5.74, 6) is -1.44. The third-order valence-electron chi connectivity index (χ3n) is 8.97. The van der Waals surface area contributed by atoms with Gasteiger partial charge in [-0.05, 0) is 67.8 Å². The predicted octanol–water partition coefficient (Wildman–Crippen LogP) is -5.90. The minimum absolute atomic E-state index is 0. The Kier molecular flexibility index (Phi) is 18.2. The Bertz CT molecular complexity index is 2370. The molecule has 2 aromatic carbocycles. The molecule has 0 fully saturated rings. The average Bonchev–Trinajstić information content (AvgIpc) is 3.34. The molecule has 0 aromatic heterocycles. The van der Waals surface area contributed by atoms with Gasteiger partial charge in [0.1, 0.15) is 30.4 Å². The number of hydrogen-bond acceptors (Lipinski definition) is 13. The van der Waals surface area contributed by atoms with Gasteiger partial charge in [0, 0.05) is 41.1 Å². The zero-order chi connectivity index (χ0) is 38.4. The molecule has 2 aromatic rings. The normalized spacial score (nSPS) is 17.7. The zero-order valence-corrected chi connectivity index (χ0v) is 40.7. The number of rotatable bonds is 13. The molecule has 0 bridgehead atoms. The van der Waals surface area contributed by atoms with Crippen LogP contribution in [0.4, 0.5) is 11.4 Å². The Balaban J connectivity index is 0.00000486. The van der Waals surface area contributed by atoms with E-state index in [0.717, 1.165) is 17.7 Å². The van der Waals surface area contributed by atoms with E-state index in [2.05, 4.69) is 0 Å². The van der Waals surface area contributed by atoms with Gasteiger partial charge >= 0.3 is 88.7 Å². The number of allylic oxidation sites excluding steroid dienone is 8. The van der Waals surface area contributed by atoms with Crippen molar-refractivity contribution in [3.63, 3.8) is 0 Å². The van der Waals surface area contributed by atoms with Gasteiger partial charge in [-0.1, -0.05) is 45.1 Å². The van der Waals surface area contributed by atoms with Crippen LogP contribution in [0.25, 0.3) is 0 Å². The molecule has 21 heteroatoms. The van der Waals surface area contributed by atoms with Crippen molar-refractivity contribution in [2.45, 2.75) is 61.7 Å². The molecule has 0 aliphatic carbocycles. The zero-order valence-electron chi connectivity index (χ0n) is 31.4. The second-order valence-corrected chi connectivity index (χ2v) is 18.9. The number of hydrogen-bond donors (Lipinski definition) is 0. The van der Waals surface area contributed by atoms with Gasteiger partial charge < -0.3 is 23.1 Å². The van der Waals surface area contributed by atoms with Crippen molar-refractivity contribution in [3.8, 4) is 0 Å². The number of anilines is 1. The van der Waals surface area contributed by atoms with E-state index in [-0.39, 0.29) is 102 Å². The fourth-order valence-electron chi connectivity index (χ4n) is 6.33. The summed E-state index contributed by atoms with van der Waals surface area (Å²) in [6, 6.07) is 7.57. The van der Waals surface area contributed by atoms with Crippen molar-refractivity contribution < 1.29 is 145 Å². The van der Waals surface area contributed by atoms with E-state index in [4.69, 9.17) is 0 Å². The van der Waals surface area contributed by atoms with Crippen LogP contribution in [0.3, 0.4) is 0 Å². The van der Waals surface area contributed by atoms with Crippen molar-refractivity contribution in [1.82, 2.24) is 0 Å². The summed E-state index contributed by atoms with van der Waals surface area (Å²) in [4.78, 5) is 0.712. The Morgan fingerprint density at radius 1 is 0.741 bits per heavy atom. The number of benzene rings is 2. The molecule has 4 rings (SSSR count). The number of nitrogens with zero attached hydrogens (tertiary/aromatic N) is 2. The first kappa shape index (κ1) is 51.5. The Labute approximate surface area is 384 Å². The molecule has 0 N–H and O–H groups in total. The molecule has 2 aliphatic rings. The Hall–Kier alpha value is -0.490. The smallest absolute Gasteiger partial charge is 0.748 e. The molecule has 0 atom stereocenters. The van der Waals surface area contributed by atoms with Crippen molar-refractivity contribution >= 4 is 57.6 Å². The SMILES string of the molecule is CCC(/C=C/C=C1/N(CCS(=O)(=O)[O-])c2ccc(S(=O)(=O)[O-])cc2C1(C)C)=C\C=C\C1=[N+](CCS(=O)(=O)[O-])c2ccc(S(=O)(=O)[O-])cc2C1(C)C.[Na+].[Na+].[Na+]. The summed E-state index contributed by atoms with van der Waals surface area (Å²) in [5.41, 5.74) is 1.94. The van der Waals surface area contributed by atoms with Crippen LogP contribution in [-0.2, 0) is 51.3 Å². The first-order valence-electron chi connectivity index (χ1n) is 15.5. The quantitative estimate of drug-likeness (QED) is 0.0792. The fraction of sp³-hybridized carbons (Fsp3) is 0.364. The van der Waals surface area contributed by atoms with E-state index >= 15 is 0 Å². The van der Waals surface area contributed by atoms with Crippen molar-refractivity contribution in [3.05, 3.63) is 95.3 Å². The molecule has 0 unspecified atom stereocenters. The van der Waals surface area contributed by atoms with Crippen LogP contribution < -0.4 is 93.6 Å². The maximum Gasteiger partial charge on any atom is 1.00 e. The first-order chi connectivity index (χ1) is 23.3. The van der Waals surface area contributed by atoms with Gasteiger partial charge in [-0.3, -0.25) is 0 Å². The van der Waals surface area contributed by atoms with Crippen molar-refractivity contribution in [2.75, 3.05) is 29.5 Å². The third-order valence-corrected chi connectivity index (χ3v) is 12.0. The Morgan fingerprint density at radius 3 is 1.80 bits per heavy atom. The molecule has 2 aliphatic heterocycles. The Morgan fingerprint density at radius 2 is 1.28 bits per heavy atom. The fourth-order valence-corrected chi connectivity index (χ4v) is 8.13. The largest absolute Gasteiger partial charge is 1.00 e. The van der Waals surface area contributed by atoms with E-state index in [1.54, 1.807) is 73.6 Å². The van der Waals surface area contributed by atoms with Crippen LogP contribution in [-0.4, -0.2) is 86.8 Å². The van der Waals surface area contributed by atoms with E-state index < -0.39 is 72.6 Å². The molecule has 0 spiro atoms. The predicted molar refractivity (Wildman–Crippen MR) is 186 cm³/mol. The maximum absolute atomic E-state index is 11.7. The molecule has 278 valence electrons. The summed E-state index contributed by atoms with van der Waals surface area (Å²) >= 11 is 0. The summed E-state index contributed by atoms with van der Waals surface area (Å²) in [7, 11) is -18.8. The van der Waals surface area contributed by atoms with Gasteiger partial charge in [0.25, 0.3) is 0 Å². The molecule has 54 heavy (non-hydrogen) atoms. The van der Waals surface area contributed by atoms with Gasteiger partial charge in [-0.15, -0.1) is 0 Å². The van der Waals surface area contributed by atoms with Crippen LogP contribution in [0.15, 0.2) is 93.9 Å². The van der Waals surface area contributed by atoms with E-state index in [9.17, 15) is 51.9 Å². The summed E-state index contributed by atoms with van der Waals surface area (Å²) in [5, 5.41) is 0. The molecule has 14 nitrogen and oxygen atoms in total. The van der Waals surface area contributed by atoms with Crippen LogP contribution in [0.1, 0.15) is 52.2 Å². The van der Waals surface area contributed by atoms with E-state index in [1.807, 2.05) is 6.92 Å². The van der Waals surface area contributed by atoms with Crippen molar-refractivity contribution in [1.29, 1.82) is 0 Å². The summed E-state index contributed by atoms with van der Waals surface area (Å²) in [6.07, 6.45) is 10.9. The molecule has 0 amide bonds. The van der Waals surface area contributed by atoms with Gasteiger partial charge in [0.2, 0.25) is 5.69 Å². The van der Waals surface area contributed by atoms with Crippen LogP contribution in [0, 0.1) is 0 Å².